The predicted molar refractivity (Wildman–Crippen MR) is 113 cm³/mol. The molecule has 1 aliphatic carbocycles. The molecule has 1 aliphatic rings. The van der Waals surface area contributed by atoms with Gasteiger partial charge in [0.05, 0.1) is 6.42 Å². The Kier molecular flexibility index (Phi) is 7.49. The number of rotatable bonds is 8. The van der Waals surface area contributed by atoms with E-state index in [-0.39, 0.29) is 5.91 Å². The molecule has 0 aliphatic heterocycles. The van der Waals surface area contributed by atoms with Crippen molar-refractivity contribution in [2.75, 3.05) is 20.6 Å². The van der Waals surface area contributed by atoms with E-state index in [1.807, 2.05) is 54.6 Å². The molecule has 1 saturated carbocycles. The van der Waals surface area contributed by atoms with Crippen molar-refractivity contribution >= 4 is 5.91 Å². The van der Waals surface area contributed by atoms with E-state index in [9.17, 15) is 4.79 Å². The van der Waals surface area contributed by atoms with Gasteiger partial charge in [-0.15, -0.1) is 0 Å². The van der Waals surface area contributed by atoms with Crippen LogP contribution >= 0.6 is 0 Å². The van der Waals surface area contributed by atoms with Gasteiger partial charge in [-0.3, -0.25) is 4.79 Å². The molecule has 3 rings (SSSR count). The van der Waals surface area contributed by atoms with E-state index in [1.165, 1.54) is 25.7 Å². The summed E-state index contributed by atoms with van der Waals surface area (Å²) in [4.78, 5) is 14.8. The second-order valence-electron chi connectivity index (χ2n) is 8.00. The maximum Gasteiger partial charge on any atom is 0.224 e. The summed E-state index contributed by atoms with van der Waals surface area (Å²) in [6, 6.07) is 18.6. The van der Waals surface area contributed by atoms with Gasteiger partial charge in [0.2, 0.25) is 5.91 Å². The number of hydrogen-bond donors (Lipinski definition) is 1. The van der Waals surface area contributed by atoms with Crippen molar-refractivity contribution in [2.45, 2.75) is 44.8 Å². The zero-order valence-corrected chi connectivity index (χ0v) is 17.1. The Bertz CT molecular complexity index is 737. The number of amides is 1. The molecule has 0 bridgehead atoms. The first-order valence-corrected chi connectivity index (χ1v) is 10.3. The molecule has 0 unspecified atom stereocenters. The van der Waals surface area contributed by atoms with Crippen molar-refractivity contribution in [2.24, 2.45) is 5.92 Å². The molecule has 1 fully saturated rings. The normalized spacial score (nSPS) is 19.4. The first-order valence-electron chi connectivity index (χ1n) is 10.3. The van der Waals surface area contributed by atoms with E-state index in [0.29, 0.717) is 25.0 Å². The molecule has 4 heteroatoms. The summed E-state index contributed by atoms with van der Waals surface area (Å²) in [6.07, 6.45) is 5.20. The Morgan fingerprint density at radius 3 is 2.39 bits per heavy atom. The minimum Gasteiger partial charge on any atom is -0.489 e. The SMILES string of the molecule is CN(C)C1CCC(CNC(=O)Cc2ccccc2OCc2ccccc2)CC1. The maximum atomic E-state index is 12.5. The Balaban J connectivity index is 1.46. The van der Waals surface area contributed by atoms with E-state index < -0.39 is 0 Å². The van der Waals surface area contributed by atoms with Gasteiger partial charge in [0, 0.05) is 18.2 Å². The lowest BCUT2D eigenvalue weighted by atomic mass is 9.85. The minimum absolute atomic E-state index is 0.0745. The van der Waals surface area contributed by atoms with Gasteiger partial charge < -0.3 is 15.0 Å². The van der Waals surface area contributed by atoms with Gasteiger partial charge >= 0.3 is 0 Å². The second-order valence-corrected chi connectivity index (χ2v) is 8.00. The monoisotopic (exact) mass is 380 g/mol. The van der Waals surface area contributed by atoms with Crippen LogP contribution in [0.2, 0.25) is 0 Å². The van der Waals surface area contributed by atoms with Crippen molar-refractivity contribution in [3.63, 3.8) is 0 Å². The molecule has 4 nitrogen and oxygen atoms in total. The van der Waals surface area contributed by atoms with E-state index in [1.54, 1.807) is 0 Å². The van der Waals surface area contributed by atoms with Gasteiger partial charge in [0.15, 0.2) is 0 Å². The summed E-state index contributed by atoms with van der Waals surface area (Å²) in [5.41, 5.74) is 2.06. The van der Waals surface area contributed by atoms with Crippen molar-refractivity contribution in [1.29, 1.82) is 0 Å². The highest BCUT2D eigenvalue weighted by Gasteiger charge is 2.22. The highest BCUT2D eigenvalue weighted by atomic mass is 16.5. The molecule has 0 aromatic heterocycles. The molecule has 1 amide bonds. The summed E-state index contributed by atoms with van der Waals surface area (Å²) in [6.45, 7) is 1.29. The molecular weight excluding hydrogens is 348 g/mol. The Hall–Kier alpha value is -2.33. The van der Waals surface area contributed by atoms with Crippen LogP contribution < -0.4 is 10.1 Å². The third-order valence-corrected chi connectivity index (χ3v) is 5.70. The molecule has 1 N–H and O–H groups in total. The molecule has 0 atom stereocenters. The van der Waals surface area contributed by atoms with Gasteiger partial charge in [-0.05, 0) is 57.3 Å². The Morgan fingerprint density at radius 1 is 1.00 bits per heavy atom. The highest BCUT2D eigenvalue weighted by Crippen LogP contribution is 2.26. The lowest BCUT2D eigenvalue weighted by molar-refractivity contribution is -0.120. The van der Waals surface area contributed by atoms with Gasteiger partial charge in [0.25, 0.3) is 0 Å². The lowest BCUT2D eigenvalue weighted by Crippen LogP contribution is -2.36. The molecule has 0 saturated heterocycles. The number of hydrogen-bond acceptors (Lipinski definition) is 3. The fourth-order valence-electron chi connectivity index (χ4n) is 3.89. The highest BCUT2D eigenvalue weighted by molar-refractivity contribution is 5.79. The number of nitrogens with one attached hydrogen (secondary N) is 1. The van der Waals surface area contributed by atoms with Crippen LogP contribution in [0.1, 0.15) is 36.8 Å². The topological polar surface area (TPSA) is 41.6 Å². The first kappa shape index (κ1) is 20.4. The number of nitrogens with zero attached hydrogens (tertiary/aromatic N) is 1. The summed E-state index contributed by atoms with van der Waals surface area (Å²) < 4.78 is 5.97. The predicted octanol–water partition coefficient (Wildman–Crippen LogP) is 4.04. The largest absolute Gasteiger partial charge is 0.489 e. The molecule has 0 spiro atoms. The number of ether oxygens (including phenoxy) is 1. The number of carbonyl (C=O) groups is 1. The number of para-hydroxylation sites is 1. The minimum atomic E-state index is 0.0745. The number of carbonyl (C=O) groups excluding carboxylic acids is 1. The van der Waals surface area contributed by atoms with Crippen LogP contribution in [-0.4, -0.2) is 37.5 Å². The Morgan fingerprint density at radius 2 is 1.68 bits per heavy atom. The molecule has 2 aromatic carbocycles. The number of benzene rings is 2. The van der Waals surface area contributed by atoms with Crippen molar-refractivity contribution in [3.8, 4) is 5.75 Å². The van der Waals surface area contributed by atoms with Gasteiger partial charge in [-0.25, -0.2) is 0 Å². The van der Waals surface area contributed by atoms with Crippen molar-refractivity contribution < 1.29 is 9.53 Å². The smallest absolute Gasteiger partial charge is 0.224 e. The summed E-state index contributed by atoms with van der Waals surface area (Å²) >= 11 is 0. The van der Waals surface area contributed by atoms with Crippen molar-refractivity contribution in [3.05, 3.63) is 65.7 Å². The van der Waals surface area contributed by atoms with Crippen LogP contribution in [0.25, 0.3) is 0 Å². The zero-order valence-electron chi connectivity index (χ0n) is 17.1. The van der Waals surface area contributed by atoms with E-state index >= 15 is 0 Å². The van der Waals surface area contributed by atoms with Crippen LogP contribution in [0.3, 0.4) is 0 Å². The van der Waals surface area contributed by atoms with Crippen LogP contribution in [0.15, 0.2) is 54.6 Å². The van der Waals surface area contributed by atoms with E-state index in [0.717, 1.165) is 23.4 Å². The average Bonchev–Trinajstić information content (AvgIpc) is 2.72. The van der Waals surface area contributed by atoms with Gasteiger partial charge in [0.1, 0.15) is 12.4 Å². The molecular formula is C24H32N2O2. The molecule has 150 valence electrons. The first-order chi connectivity index (χ1) is 13.6. The zero-order chi connectivity index (χ0) is 19.8. The van der Waals surface area contributed by atoms with Crippen LogP contribution in [0, 0.1) is 5.92 Å². The lowest BCUT2D eigenvalue weighted by Gasteiger charge is -2.32. The maximum absolute atomic E-state index is 12.5. The summed E-state index contributed by atoms with van der Waals surface area (Å²) in [5.74, 6) is 1.46. The molecule has 28 heavy (non-hydrogen) atoms. The third kappa shape index (κ3) is 6.10. The van der Waals surface area contributed by atoms with E-state index in [2.05, 4.69) is 24.3 Å². The second kappa shape index (κ2) is 10.3. The van der Waals surface area contributed by atoms with Gasteiger partial charge in [-0.2, -0.15) is 0 Å². The standard InChI is InChI=1S/C24H32N2O2/c1-26(2)22-14-12-19(13-15-22)17-25-24(27)16-21-10-6-7-11-23(21)28-18-20-8-4-3-5-9-20/h3-11,19,22H,12-18H2,1-2H3,(H,25,27). The van der Waals surface area contributed by atoms with Crippen LogP contribution in [0.4, 0.5) is 0 Å². The molecule has 2 aromatic rings. The van der Waals surface area contributed by atoms with Crippen molar-refractivity contribution in [1.82, 2.24) is 10.2 Å². The molecule has 0 heterocycles. The summed E-state index contributed by atoms with van der Waals surface area (Å²) in [7, 11) is 4.31. The molecule has 0 radical (unpaired) electrons. The third-order valence-electron chi connectivity index (χ3n) is 5.70. The van der Waals surface area contributed by atoms with Crippen LogP contribution in [0.5, 0.6) is 5.75 Å². The fourth-order valence-corrected chi connectivity index (χ4v) is 3.89. The van der Waals surface area contributed by atoms with Gasteiger partial charge in [-0.1, -0.05) is 48.5 Å². The van der Waals surface area contributed by atoms with E-state index in [4.69, 9.17) is 4.74 Å². The fraction of sp³-hybridized carbons (Fsp3) is 0.458. The summed E-state index contributed by atoms with van der Waals surface area (Å²) in [5, 5.41) is 3.14. The van der Waals surface area contributed by atoms with Crippen LogP contribution in [-0.2, 0) is 17.8 Å². The average molecular weight is 381 g/mol. The Labute approximate surface area is 168 Å². The quantitative estimate of drug-likeness (QED) is 0.751.